The molecule has 0 spiro atoms. The van der Waals surface area contributed by atoms with Crippen molar-refractivity contribution in [2.24, 2.45) is 0 Å². The van der Waals surface area contributed by atoms with E-state index in [9.17, 15) is 171 Å². The zero-order valence-corrected chi connectivity index (χ0v) is 48.8. The molecular weight excluding hydrogens is 1750 g/mol. The highest BCUT2D eigenvalue weighted by atomic mass is 31.1. The Morgan fingerprint density at radius 2 is 0.321 bits per heavy atom. The fraction of sp³-hybridized carbons (Fsp3) is 0.600. The normalized spacial score (nSPS) is 19.1. The van der Waals surface area contributed by atoms with Crippen molar-refractivity contribution >= 4 is 23.8 Å². The van der Waals surface area contributed by atoms with Gasteiger partial charge in [0.2, 0.25) is 0 Å². The predicted octanol–water partition coefficient (Wildman–Crippen LogP) is 21.3. The molecule has 3 rings (SSSR count). The standard InChI is InChI=1S/C45H12F57O6P/c46-19(47,25(58,34(73,74)75)103-43(97,98)28(61,37(82,83)84)106-40(91,92)22(52,53)31(64,65)66)13-4-1-7-16(10-13)109(17-8-2-5-14(11-17)20(48,49)26(59,35(76,77)78)104-44(99,100)29(62,38(85,86)87)107-41(93,94)23(54,55)32(67,68)69)18-9-3-6-15(12-18)21(50,51)27(60,36(79,80)81)105-45(101,102)30(63,39(88,89)90)108-42(95,96)24(56,57)33(70,71)72/h1-12H. The quantitative estimate of drug-likeness (QED) is 0.0560. The highest BCUT2D eigenvalue weighted by Gasteiger charge is 2.91. The fourth-order valence-corrected chi connectivity index (χ4v) is 9.62. The SMILES string of the molecule is FC(F)(F)C(F)(F)C(F)(F)OC(F)(C(F)(F)F)C(F)(F)OC(F)(C(F)(F)F)C(F)(F)c1cccc(P(c2cccc(C(F)(F)C(F)(OC(F)(F)C(F)(OC(F)(F)C(F)(F)C(F)(F)F)C(F)(F)F)C(F)(F)F)c2)c2cccc(C(F)(F)C(F)(OC(F)(F)C(F)(OC(F)(F)C(F)(F)C(F)(F)F)C(F)(F)F)C(F)(F)F)c2)c1. The lowest BCUT2D eigenvalue weighted by Crippen LogP contribution is -2.69. The maximum atomic E-state index is 16.2. The molecule has 0 aliphatic heterocycles. The van der Waals surface area contributed by atoms with Crippen LogP contribution in [0.5, 0.6) is 0 Å². The summed E-state index contributed by atoms with van der Waals surface area (Å²) in [6, 6.07) is -13.2. The maximum absolute atomic E-state index is 16.2. The molecule has 3 aromatic rings. The summed E-state index contributed by atoms with van der Waals surface area (Å²) in [5, 5.41) is -7.85. The van der Waals surface area contributed by atoms with Crippen LogP contribution >= 0.6 is 7.92 Å². The van der Waals surface area contributed by atoms with E-state index in [4.69, 9.17) is 0 Å². The largest absolute Gasteiger partial charge is 0.462 e. The van der Waals surface area contributed by atoms with Crippen molar-refractivity contribution in [1.82, 2.24) is 0 Å². The van der Waals surface area contributed by atoms with E-state index in [0.717, 1.165) is 14.2 Å². The zero-order valence-electron chi connectivity index (χ0n) is 47.9. The minimum absolute atomic E-state index is 0.680. The molecule has 6 unspecified atom stereocenters. The van der Waals surface area contributed by atoms with Crippen LogP contribution in [-0.4, -0.2) is 145 Å². The van der Waals surface area contributed by atoms with E-state index in [1.165, 1.54) is 14.2 Å². The summed E-state index contributed by atoms with van der Waals surface area (Å²) in [6.07, 6.45) is -131. The molecule has 0 fully saturated rings. The summed E-state index contributed by atoms with van der Waals surface area (Å²) >= 11 is 0. The van der Waals surface area contributed by atoms with Crippen LogP contribution in [0.2, 0.25) is 0 Å². The molecule has 6 nitrogen and oxygen atoms in total. The van der Waals surface area contributed by atoms with E-state index in [-0.39, 0.29) is 0 Å². The monoisotopic (exact) mass is 1760 g/mol. The van der Waals surface area contributed by atoms with Crippen LogP contribution in [0.3, 0.4) is 0 Å². The van der Waals surface area contributed by atoms with Crippen LogP contribution in [0.1, 0.15) is 16.7 Å². The Hall–Kier alpha value is -6.14. The summed E-state index contributed by atoms with van der Waals surface area (Å²) in [4.78, 5) is 0. The summed E-state index contributed by atoms with van der Waals surface area (Å²) in [5.74, 6) is -104. The highest BCUT2D eigenvalue weighted by Crippen LogP contribution is 2.65. The Balaban J connectivity index is 2.76. The Kier molecular flexibility index (Phi) is 24.3. The minimum Gasteiger partial charge on any atom is -0.264 e. The smallest absolute Gasteiger partial charge is 0.264 e. The number of hydrogen-bond acceptors (Lipinski definition) is 6. The van der Waals surface area contributed by atoms with Crippen molar-refractivity contribution in [3.05, 3.63) is 89.5 Å². The van der Waals surface area contributed by atoms with Crippen LogP contribution in [0.25, 0.3) is 0 Å². The first kappa shape index (κ1) is 97.1. The maximum Gasteiger partial charge on any atom is 0.462 e. The summed E-state index contributed by atoms with van der Waals surface area (Å²) in [7, 11) is -5.32. The van der Waals surface area contributed by atoms with Gasteiger partial charge >= 0.3 is 163 Å². The van der Waals surface area contributed by atoms with E-state index in [1.807, 2.05) is 0 Å². The van der Waals surface area contributed by atoms with Crippen molar-refractivity contribution in [1.29, 1.82) is 0 Å². The van der Waals surface area contributed by atoms with Crippen molar-refractivity contribution in [3.63, 3.8) is 0 Å². The van der Waals surface area contributed by atoms with Gasteiger partial charge in [0.25, 0.3) is 0 Å². The van der Waals surface area contributed by atoms with Gasteiger partial charge in [-0.05, 0) is 42.0 Å². The first-order chi connectivity index (χ1) is 47.0. The highest BCUT2D eigenvalue weighted by molar-refractivity contribution is 7.79. The van der Waals surface area contributed by atoms with Crippen molar-refractivity contribution in [3.8, 4) is 0 Å². The second-order valence-corrected chi connectivity index (χ2v) is 22.4. The molecule has 0 amide bonds. The molecule has 0 saturated carbocycles. The van der Waals surface area contributed by atoms with Crippen molar-refractivity contribution < 1.29 is 279 Å². The zero-order chi connectivity index (χ0) is 87.3. The van der Waals surface area contributed by atoms with Gasteiger partial charge in [-0.3, -0.25) is 28.4 Å². The van der Waals surface area contributed by atoms with Crippen molar-refractivity contribution in [2.45, 2.75) is 163 Å². The fourth-order valence-electron chi connectivity index (χ4n) is 7.22. The second-order valence-electron chi connectivity index (χ2n) is 20.2. The predicted molar refractivity (Wildman–Crippen MR) is 225 cm³/mol. The molecule has 0 saturated heterocycles. The van der Waals surface area contributed by atoms with Crippen LogP contribution in [0.4, 0.5) is 250 Å². The number of rotatable bonds is 27. The molecule has 0 aromatic heterocycles. The number of benzene rings is 3. The molecule has 64 heteroatoms. The van der Waals surface area contributed by atoms with Gasteiger partial charge in [-0.2, -0.15) is 250 Å². The first-order valence-electron chi connectivity index (χ1n) is 24.6. The molecule has 0 bridgehead atoms. The molecule has 0 aliphatic carbocycles. The molecule has 3 aromatic carbocycles. The van der Waals surface area contributed by atoms with Gasteiger partial charge in [-0.1, -0.05) is 54.6 Å². The van der Waals surface area contributed by atoms with Gasteiger partial charge in [0.05, 0.1) is 0 Å². The lowest BCUT2D eigenvalue weighted by atomic mass is 10.00. The minimum atomic E-state index is -9.17. The molecule has 632 valence electrons. The van der Waals surface area contributed by atoms with E-state index in [2.05, 4.69) is 0 Å². The first-order valence-corrected chi connectivity index (χ1v) is 25.9. The van der Waals surface area contributed by atoms with Crippen LogP contribution in [0.15, 0.2) is 72.8 Å². The average Bonchev–Trinajstić information content (AvgIpc) is 0.719. The topological polar surface area (TPSA) is 55.4 Å². The van der Waals surface area contributed by atoms with E-state index >= 15 is 79.0 Å². The van der Waals surface area contributed by atoms with Gasteiger partial charge in [0.15, 0.2) is 0 Å². The van der Waals surface area contributed by atoms with Crippen molar-refractivity contribution in [2.75, 3.05) is 0 Å². The Morgan fingerprint density at radius 1 is 0.174 bits per heavy atom. The van der Waals surface area contributed by atoms with Gasteiger partial charge in [0, 0.05) is 16.7 Å². The Morgan fingerprint density at radius 3 is 0.459 bits per heavy atom. The van der Waals surface area contributed by atoms with Gasteiger partial charge < -0.3 is 0 Å². The summed E-state index contributed by atoms with van der Waals surface area (Å²) in [5.41, 5.74) is -11.5. The summed E-state index contributed by atoms with van der Waals surface area (Å²) in [6.45, 7) is 0. The number of halogens is 57. The molecular formula is C45H12F57O6P. The Bertz CT molecular complexity index is 3310. The van der Waals surface area contributed by atoms with Crippen LogP contribution in [0, 0.1) is 0 Å². The van der Waals surface area contributed by atoms with Gasteiger partial charge in [-0.25, -0.2) is 0 Å². The van der Waals surface area contributed by atoms with E-state index in [1.54, 1.807) is 0 Å². The molecule has 0 aliphatic rings. The number of ether oxygens (including phenoxy) is 6. The second kappa shape index (κ2) is 27.3. The lowest BCUT2D eigenvalue weighted by Gasteiger charge is -2.42. The molecule has 0 N–H and O–H groups in total. The third-order valence-electron chi connectivity index (χ3n) is 12.7. The molecule has 0 radical (unpaired) electrons. The van der Waals surface area contributed by atoms with Crippen LogP contribution in [-0.2, 0) is 46.2 Å². The number of hydrogen-bond donors (Lipinski definition) is 0. The number of alkyl halides is 57. The molecule has 6 atom stereocenters. The van der Waals surface area contributed by atoms with Crippen LogP contribution < -0.4 is 15.9 Å². The van der Waals surface area contributed by atoms with Gasteiger partial charge in [0.1, 0.15) is 0 Å². The van der Waals surface area contributed by atoms with E-state index in [0.29, 0.717) is 0 Å². The summed E-state index contributed by atoms with van der Waals surface area (Å²) < 4.78 is 819. The lowest BCUT2D eigenvalue weighted by molar-refractivity contribution is -0.562. The third kappa shape index (κ3) is 16.0. The molecule has 0 heterocycles. The van der Waals surface area contributed by atoms with Gasteiger partial charge in [-0.15, -0.1) is 0 Å². The Labute approximate surface area is 555 Å². The molecule has 109 heavy (non-hydrogen) atoms. The third-order valence-corrected chi connectivity index (χ3v) is 15.1. The van der Waals surface area contributed by atoms with E-state index < -0.39 is 276 Å². The average molecular weight is 1760 g/mol.